The summed E-state index contributed by atoms with van der Waals surface area (Å²) in [5.41, 5.74) is 2.77. The predicted molar refractivity (Wildman–Crippen MR) is 92.5 cm³/mol. The molecule has 128 valence electrons. The number of pyridine rings is 1. The van der Waals surface area contributed by atoms with Crippen LogP contribution in [0, 0.1) is 12.8 Å². The lowest BCUT2D eigenvalue weighted by atomic mass is 10.0. The van der Waals surface area contributed by atoms with Gasteiger partial charge >= 0.3 is 11.9 Å². The summed E-state index contributed by atoms with van der Waals surface area (Å²) >= 11 is 0. The van der Waals surface area contributed by atoms with Crippen LogP contribution in [0.3, 0.4) is 0 Å². The molecule has 1 N–H and O–H groups in total. The normalized spacial score (nSPS) is 12.0. The van der Waals surface area contributed by atoms with E-state index in [4.69, 9.17) is 9.84 Å². The number of hydrogen-bond acceptors (Lipinski definition) is 5. The Bertz CT molecular complexity index is 773. The second kappa shape index (κ2) is 7.29. The number of benzene rings is 1. The van der Waals surface area contributed by atoms with Crippen LogP contribution in [0.4, 0.5) is 5.69 Å². The molecule has 0 spiro atoms. The van der Waals surface area contributed by atoms with Crippen molar-refractivity contribution in [3.63, 3.8) is 0 Å². The van der Waals surface area contributed by atoms with Gasteiger partial charge in [0.25, 0.3) is 0 Å². The first-order chi connectivity index (χ1) is 11.3. The quantitative estimate of drug-likeness (QED) is 0.820. The van der Waals surface area contributed by atoms with E-state index in [1.807, 2.05) is 25.1 Å². The minimum absolute atomic E-state index is 0.263. The van der Waals surface area contributed by atoms with Gasteiger partial charge in [0.1, 0.15) is 5.56 Å². The molecular weight excluding hydrogens is 308 g/mol. The van der Waals surface area contributed by atoms with Crippen molar-refractivity contribution in [3.05, 3.63) is 35.5 Å². The third-order valence-electron chi connectivity index (χ3n) is 3.84. The van der Waals surface area contributed by atoms with Gasteiger partial charge in [0.05, 0.1) is 23.7 Å². The van der Waals surface area contributed by atoms with Crippen molar-refractivity contribution in [1.82, 2.24) is 4.98 Å². The van der Waals surface area contributed by atoms with Gasteiger partial charge in [-0.1, -0.05) is 18.6 Å². The number of carbonyl (C=O) groups excluding carboxylic acids is 1. The molecule has 0 saturated carbocycles. The van der Waals surface area contributed by atoms with Gasteiger partial charge in [0, 0.05) is 25.2 Å². The van der Waals surface area contributed by atoms with Crippen LogP contribution in [0.2, 0.25) is 0 Å². The van der Waals surface area contributed by atoms with Crippen LogP contribution >= 0.6 is 0 Å². The van der Waals surface area contributed by atoms with E-state index in [-0.39, 0.29) is 13.2 Å². The number of aryl methyl sites for hydroxylation is 1. The Hall–Kier alpha value is -2.63. The summed E-state index contributed by atoms with van der Waals surface area (Å²) in [6.07, 6.45) is 1.49. The molecule has 1 atom stereocenters. The van der Waals surface area contributed by atoms with E-state index in [9.17, 15) is 9.59 Å². The minimum atomic E-state index is -0.880. The Morgan fingerprint density at radius 2 is 2.08 bits per heavy atom. The number of aromatic nitrogens is 1. The molecule has 1 heterocycles. The second-order valence-corrected chi connectivity index (χ2v) is 5.88. The molecule has 1 aromatic heterocycles. The third-order valence-corrected chi connectivity index (χ3v) is 3.84. The van der Waals surface area contributed by atoms with E-state index >= 15 is 0 Å². The van der Waals surface area contributed by atoms with Crippen LogP contribution < -0.4 is 4.90 Å². The zero-order valence-electron chi connectivity index (χ0n) is 14.4. The van der Waals surface area contributed by atoms with Crippen molar-refractivity contribution in [3.8, 4) is 0 Å². The second-order valence-electron chi connectivity index (χ2n) is 5.88. The number of fused-ring (bicyclic) bond motifs is 1. The Morgan fingerprint density at radius 1 is 1.38 bits per heavy atom. The summed E-state index contributed by atoms with van der Waals surface area (Å²) in [4.78, 5) is 29.6. The number of carboxylic acid groups (broad SMARTS) is 1. The lowest BCUT2D eigenvalue weighted by Crippen LogP contribution is -2.30. The highest BCUT2D eigenvalue weighted by atomic mass is 16.5. The molecule has 0 radical (unpaired) electrons. The fraction of sp³-hybridized carbons (Fsp3) is 0.389. The first-order valence-corrected chi connectivity index (χ1v) is 7.85. The van der Waals surface area contributed by atoms with E-state index in [2.05, 4.69) is 4.98 Å². The van der Waals surface area contributed by atoms with Gasteiger partial charge in [-0.3, -0.25) is 9.78 Å². The zero-order valence-corrected chi connectivity index (χ0v) is 14.4. The van der Waals surface area contributed by atoms with E-state index in [1.165, 1.54) is 6.20 Å². The van der Waals surface area contributed by atoms with Gasteiger partial charge < -0.3 is 14.7 Å². The Labute approximate surface area is 141 Å². The molecule has 0 aliphatic heterocycles. The maximum atomic E-state index is 12.3. The number of carbonyl (C=O) groups is 2. The van der Waals surface area contributed by atoms with Crippen molar-refractivity contribution in [2.75, 3.05) is 25.1 Å². The Balaban J connectivity index is 2.60. The molecule has 6 heteroatoms. The van der Waals surface area contributed by atoms with Crippen molar-refractivity contribution in [1.29, 1.82) is 0 Å². The highest BCUT2D eigenvalue weighted by molar-refractivity contribution is 6.05. The largest absolute Gasteiger partial charge is 0.481 e. The molecule has 0 aliphatic carbocycles. The first-order valence-electron chi connectivity index (χ1n) is 7.85. The lowest BCUT2D eigenvalue weighted by Gasteiger charge is -2.25. The van der Waals surface area contributed by atoms with E-state index in [0.717, 1.165) is 16.5 Å². The third kappa shape index (κ3) is 3.64. The minimum Gasteiger partial charge on any atom is -0.481 e. The molecule has 0 bridgehead atoms. The van der Waals surface area contributed by atoms with E-state index in [0.29, 0.717) is 11.3 Å². The SMILES string of the molecule is CCOC(=O)c1cnc2ccc(C)cc2c1N(C)CC(C)C(=O)O. The lowest BCUT2D eigenvalue weighted by molar-refractivity contribution is -0.140. The zero-order chi connectivity index (χ0) is 17.9. The van der Waals surface area contributed by atoms with Crippen molar-refractivity contribution in [2.24, 2.45) is 5.92 Å². The summed E-state index contributed by atoms with van der Waals surface area (Å²) in [5, 5.41) is 9.97. The number of ether oxygens (including phenoxy) is 1. The van der Waals surface area contributed by atoms with Crippen molar-refractivity contribution >= 4 is 28.5 Å². The summed E-state index contributed by atoms with van der Waals surface area (Å²) < 4.78 is 5.13. The first kappa shape index (κ1) is 17.7. The van der Waals surface area contributed by atoms with Gasteiger partial charge in [-0.15, -0.1) is 0 Å². The van der Waals surface area contributed by atoms with Crippen LogP contribution in [0.25, 0.3) is 10.9 Å². The molecule has 0 aliphatic rings. The van der Waals surface area contributed by atoms with Crippen molar-refractivity contribution < 1.29 is 19.4 Å². The molecule has 0 saturated heterocycles. The number of hydrogen-bond donors (Lipinski definition) is 1. The van der Waals surface area contributed by atoms with Crippen LogP contribution in [-0.4, -0.2) is 42.2 Å². The molecule has 1 unspecified atom stereocenters. The molecule has 2 aromatic rings. The molecule has 1 aromatic carbocycles. The van der Waals surface area contributed by atoms with Crippen LogP contribution in [0.15, 0.2) is 24.4 Å². The van der Waals surface area contributed by atoms with Crippen LogP contribution in [0.1, 0.15) is 29.8 Å². The van der Waals surface area contributed by atoms with Gasteiger partial charge in [0.2, 0.25) is 0 Å². The number of esters is 1. The number of nitrogens with zero attached hydrogens (tertiary/aromatic N) is 2. The fourth-order valence-electron chi connectivity index (χ4n) is 2.64. The maximum absolute atomic E-state index is 12.3. The van der Waals surface area contributed by atoms with Crippen molar-refractivity contribution in [2.45, 2.75) is 20.8 Å². The Morgan fingerprint density at radius 3 is 2.71 bits per heavy atom. The summed E-state index contributed by atoms with van der Waals surface area (Å²) in [6.45, 7) is 5.87. The highest BCUT2D eigenvalue weighted by Crippen LogP contribution is 2.30. The molecule has 0 fully saturated rings. The fourth-order valence-corrected chi connectivity index (χ4v) is 2.64. The maximum Gasteiger partial charge on any atom is 0.341 e. The van der Waals surface area contributed by atoms with Crippen LogP contribution in [0.5, 0.6) is 0 Å². The number of anilines is 1. The highest BCUT2D eigenvalue weighted by Gasteiger charge is 2.22. The smallest absolute Gasteiger partial charge is 0.341 e. The number of carboxylic acids is 1. The van der Waals surface area contributed by atoms with Gasteiger partial charge in [0.15, 0.2) is 0 Å². The Kier molecular flexibility index (Phi) is 5.39. The monoisotopic (exact) mass is 330 g/mol. The van der Waals surface area contributed by atoms with Gasteiger partial charge in [-0.25, -0.2) is 4.79 Å². The average molecular weight is 330 g/mol. The van der Waals surface area contributed by atoms with Crippen LogP contribution in [-0.2, 0) is 9.53 Å². The number of rotatable bonds is 6. The summed E-state index contributed by atoms with van der Waals surface area (Å²) in [5.74, 6) is -1.91. The van der Waals surface area contributed by atoms with E-state index in [1.54, 1.807) is 25.8 Å². The average Bonchev–Trinajstić information content (AvgIpc) is 2.53. The van der Waals surface area contributed by atoms with Gasteiger partial charge in [-0.05, 0) is 26.0 Å². The number of aliphatic carboxylic acids is 1. The predicted octanol–water partition coefficient (Wildman–Crippen LogP) is 2.88. The molecule has 0 amide bonds. The molecule has 2 rings (SSSR count). The molecule has 6 nitrogen and oxygen atoms in total. The van der Waals surface area contributed by atoms with E-state index < -0.39 is 17.9 Å². The summed E-state index contributed by atoms with van der Waals surface area (Å²) in [6, 6.07) is 5.78. The van der Waals surface area contributed by atoms with Gasteiger partial charge in [-0.2, -0.15) is 0 Å². The standard InChI is InChI=1S/C18H22N2O4/c1-5-24-18(23)14-9-19-15-7-6-11(2)8-13(15)16(14)20(4)10-12(3)17(21)22/h6-9,12H,5,10H2,1-4H3,(H,21,22). The molecule has 24 heavy (non-hydrogen) atoms. The topological polar surface area (TPSA) is 79.7 Å². The molecular formula is C18H22N2O4. The summed E-state index contributed by atoms with van der Waals surface area (Å²) in [7, 11) is 1.78.